The van der Waals surface area contributed by atoms with Crippen molar-refractivity contribution in [1.82, 2.24) is 4.72 Å². The van der Waals surface area contributed by atoms with Crippen LogP contribution in [0.4, 0.5) is 13.2 Å². The predicted octanol–water partition coefficient (Wildman–Crippen LogP) is 1.94. The van der Waals surface area contributed by atoms with Crippen molar-refractivity contribution in [2.45, 2.75) is 18.2 Å². The summed E-state index contributed by atoms with van der Waals surface area (Å²) in [6.45, 7) is 4.77. The van der Waals surface area contributed by atoms with Crippen LogP contribution >= 0.6 is 0 Å². The number of rotatable bonds is 6. The van der Waals surface area contributed by atoms with Crippen molar-refractivity contribution in [3.63, 3.8) is 0 Å². The first-order valence-electron chi connectivity index (χ1n) is 5.80. The number of ether oxygens (including phenoxy) is 2. The van der Waals surface area contributed by atoms with Crippen molar-refractivity contribution < 1.29 is 35.9 Å². The fourth-order valence-electron chi connectivity index (χ4n) is 1.30. The molecule has 0 aromatic heterocycles. The van der Waals surface area contributed by atoms with E-state index in [0.29, 0.717) is 0 Å². The van der Waals surface area contributed by atoms with Crippen LogP contribution < -0.4 is 9.46 Å². The van der Waals surface area contributed by atoms with Gasteiger partial charge in [-0.15, -0.1) is 13.2 Å². The molecule has 0 fully saturated rings. The first kappa shape index (κ1) is 17.8. The van der Waals surface area contributed by atoms with Gasteiger partial charge >= 0.3 is 12.3 Å². The zero-order valence-electron chi connectivity index (χ0n) is 11.3. The summed E-state index contributed by atoms with van der Waals surface area (Å²) >= 11 is 0. The molecular weight excluding hydrogens is 327 g/mol. The van der Waals surface area contributed by atoms with E-state index in [0.717, 1.165) is 24.3 Å². The van der Waals surface area contributed by atoms with Gasteiger partial charge in [0.1, 0.15) is 11.4 Å². The molecule has 10 heteroatoms. The Morgan fingerprint density at radius 3 is 2.27 bits per heavy atom. The lowest BCUT2D eigenvalue weighted by Gasteiger charge is -2.11. The van der Waals surface area contributed by atoms with E-state index in [1.807, 2.05) is 4.72 Å². The molecule has 22 heavy (non-hydrogen) atoms. The van der Waals surface area contributed by atoms with Crippen LogP contribution in [0.15, 0.2) is 41.4 Å². The zero-order valence-corrected chi connectivity index (χ0v) is 12.1. The third-order valence-electron chi connectivity index (χ3n) is 2.15. The van der Waals surface area contributed by atoms with E-state index >= 15 is 0 Å². The molecule has 0 aliphatic carbocycles. The van der Waals surface area contributed by atoms with Crippen molar-refractivity contribution in [3.8, 4) is 5.75 Å². The van der Waals surface area contributed by atoms with Gasteiger partial charge in [0.2, 0.25) is 0 Å². The van der Waals surface area contributed by atoms with Crippen LogP contribution in [-0.4, -0.2) is 27.4 Å². The molecule has 0 atom stereocenters. The quantitative estimate of drug-likeness (QED) is 0.633. The molecule has 0 heterocycles. The van der Waals surface area contributed by atoms with Crippen LogP contribution in [0.1, 0.15) is 6.92 Å². The van der Waals surface area contributed by atoms with Gasteiger partial charge in [0.05, 0.1) is 11.5 Å². The highest BCUT2D eigenvalue weighted by atomic mass is 32.2. The van der Waals surface area contributed by atoms with Crippen LogP contribution in [0.3, 0.4) is 0 Å². The Kier molecular flexibility index (Phi) is 5.42. The van der Waals surface area contributed by atoms with Gasteiger partial charge in [0, 0.05) is 0 Å². The number of carbonyl (C=O) groups is 1. The molecule has 0 bridgehead atoms. The van der Waals surface area contributed by atoms with E-state index in [2.05, 4.69) is 16.1 Å². The third-order valence-corrected chi connectivity index (χ3v) is 3.55. The van der Waals surface area contributed by atoms with Crippen LogP contribution in [0.25, 0.3) is 0 Å². The highest BCUT2D eigenvalue weighted by molar-refractivity contribution is 7.89. The van der Waals surface area contributed by atoms with Gasteiger partial charge in [0.15, 0.2) is 0 Å². The lowest BCUT2D eigenvalue weighted by atomic mass is 10.3. The lowest BCUT2D eigenvalue weighted by Crippen LogP contribution is -2.28. The maximum atomic E-state index is 12.0. The topological polar surface area (TPSA) is 81.7 Å². The van der Waals surface area contributed by atoms with E-state index in [4.69, 9.17) is 0 Å². The molecule has 0 unspecified atom stereocenters. The van der Waals surface area contributed by atoms with E-state index in [-0.39, 0.29) is 11.5 Å². The number of alkyl halides is 3. The minimum Gasteiger partial charge on any atom is -0.461 e. The molecule has 1 aromatic carbocycles. The highest BCUT2D eigenvalue weighted by Gasteiger charge is 2.31. The van der Waals surface area contributed by atoms with Gasteiger partial charge in [-0.05, 0) is 31.2 Å². The first-order valence-corrected chi connectivity index (χ1v) is 7.28. The standard InChI is InChI=1S/C12H12F3NO5S/c1-3-20-11(17)8(2)16-22(18,19)10-6-4-9(5-7-10)21-12(13,14)15/h4-7,16H,2-3H2,1H3. The minimum atomic E-state index is -4.88. The van der Waals surface area contributed by atoms with Crippen molar-refractivity contribution in [2.24, 2.45) is 0 Å². The predicted molar refractivity (Wildman–Crippen MR) is 69.2 cm³/mol. The summed E-state index contributed by atoms with van der Waals surface area (Å²) in [6.07, 6.45) is -4.88. The van der Waals surface area contributed by atoms with Crippen molar-refractivity contribution in [1.29, 1.82) is 0 Å². The van der Waals surface area contributed by atoms with Gasteiger partial charge in [-0.1, -0.05) is 6.58 Å². The van der Waals surface area contributed by atoms with Crippen molar-refractivity contribution >= 4 is 16.0 Å². The molecule has 122 valence electrons. The summed E-state index contributed by atoms with van der Waals surface area (Å²) < 4.78 is 69.8. The molecular formula is C12H12F3NO5S. The molecule has 0 saturated carbocycles. The summed E-state index contributed by atoms with van der Waals surface area (Å²) in [5, 5.41) is 0. The maximum Gasteiger partial charge on any atom is 0.573 e. The summed E-state index contributed by atoms with van der Waals surface area (Å²) in [7, 11) is -4.17. The van der Waals surface area contributed by atoms with E-state index < -0.39 is 33.8 Å². The molecule has 0 aliphatic heterocycles. The summed E-state index contributed by atoms with van der Waals surface area (Å²) in [5.74, 6) is -1.53. The molecule has 0 saturated heterocycles. The number of esters is 1. The molecule has 1 rings (SSSR count). The molecule has 0 aliphatic rings. The Morgan fingerprint density at radius 2 is 1.82 bits per heavy atom. The molecule has 0 radical (unpaired) electrons. The minimum absolute atomic E-state index is 0.0308. The van der Waals surface area contributed by atoms with E-state index in [9.17, 15) is 26.4 Å². The van der Waals surface area contributed by atoms with Gasteiger partial charge in [-0.25, -0.2) is 13.2 Å². The Morgan fingerprint density at radius 1 is 1.27 bits per heavy atom. The molecule has 1 N–H and O–H groups in total. The van der Waals surface area contributed by atoms with Crippen LogP contribution in [0.2, 0.25) is 0 Å². The SMILES string of the molecule is C=C(NS(=O)(=O)c1ccc(OC(F)(F)F)cc1)C(=O)OCC. The molecule has 0 spiro atoms. The van der Waals surface area contributed by atoms with Crippen LogP contribution in [-0.2, 0) is 19.6 Å². The second kappa shape index (κ2) is 6.69. The Balaban J connectivity index is 2.86. The largest absolute Gasteiger partial charge is 0.573 e. The second-order valence-corrected chi connectivity index (χ2v) is 5.51. The number of carbonyl (C=O) groups excluding carboxylic acids is 1. The normalized spacial score (nSPS) is 11.6. The lowest BCUT2D eigenvalue weighted by molar-refractivity contribution is -0.274. The average Bonchev–Trinajstić information content (AvgIpc) is 2.37. The number of sulfonamides is 1. The van der Waals surface area contributed by atoms with Crippen molar-refractivity contribution in [2.75, 3.05) is 6.61 Å². The summed E-state index contributed by atoms with van der Waals surface area (Å²) in [6, 6.07) is 3.44. The van der Waals surface area contributed by atoms with Crippen LogP contribution in [0, 0.1) is 0 Å². The zero-order chi connectivity index (χ0) is 17.0. The fraction of sp³-hybridized carbons (Fsp3) is 0.250. The average molecular weight is 339 g/mol. The van der Waals surface area contributed by atoms with Crippen LogP contribution in [0.5, 0.6) is 5.75 Å². The number of hydrogen-bond donors (Lipinski definition) is 1. The smallest absolute Gasteiger partial charge is 0.461 e. The van der Waals surface area contributed by atoms with Gasteiger partial charge in [-0.2, -0.15) is 0 Å². The number of halogens is 3. The number of hydrogen-bond acceptors (Lipinski definition) is 5. The molecule has 1 aromatic rings. The van der Waals surface area contributed by atoms with Gasteiger partial charge in [-0.3, -0.25) is 4.72 Å². The fourth-order valence-corrected chi connectivity index (χ4v) is 2.32. The summed E-state index contributed by atoms with van der Waals surface area (Å²) in [5.41, 5.74) is -0.516. The monoisotopic (exact) mass is 339 g/mol. The number of nitrogens with one attached hydrogen (secondary N) is 1. The Bertz CT molecular complexity index is 652. The summed E-state index contributed by atoms with van der Waals surface area (Å²) in [4.78, 5) is 10.9. The molecule has 6 nitrogen and oxygen atoms in total. The first-order chi connectivity index (χ1) is 10.0. The number of benzene rings is 1. The highest BCUT2D eigenvalue weighted by Crippen LogP contribution is 2.23. The Hall–Kier alpha value is -2.23. The third kappa shape index (κ3) is 5.28. The van der Waals surface area contributed by atoms with Gasteiger partial charge < -0.3 is 9.47 Å². The van der Waals surface area contributed by atoms with Crippen molar-refractivity contribution in [3.05, 3.63) is 36.5 Å². The Labute approximate surface area is 124 Å². The molecule has 0 amide bonds. The van der Waals surface area contributed by atoms with E-state index in [1.165, 1.54) is 6.92 Å². The maximum absolute atomic E-state index is 12.0. The van der Waals surface area contributed by atoms with Gasteiger partial charge in [0.25, 0.3) is 10.0 Å². The second-order valence-electron chi connectivity index (χ2n) is 3.82. The van der Waals surface area contributed by atoms with E-state index in [1.54, 1.807) is 0 Å².